The molecular formula is C23H27N7O6. The molecule has 0 aliphatic heterocycles. The molecule has 4 rings (SSSR count). The lowest BCUT2D eigenvalue weighted by molar-refractivity contribution is -0.385. The minimum absolute atomic E-state index is 0.0640. The monoisotopic (exact) mass is 497 g/mol. The van der Waals surface area contributed by atoms with E-state index >= 15 is 0 Å². The summed E-state index contributed by atoms with van der Waals surface area (Å²) in [6.45, 7) is 6.09. The Morgan fingerprint density at radius 2 is 2.00 bits per heavy atom. The van der Waals surface area contributed by atoms with E-state index in [1.807, 2.05) is 31.5 Å². The van der Waals surface area contributed by atoms with Gasteiger partial charge in [-0.05, 0) is 52.0 Å². The number of nitro benzene ring substituents is 1. The molecule has 13 heteroatoms. The molecule has 1 saturated carbocycles. The van der Waals surface area contributed by atoms with Gasteiger partial charge >= 0.3 is 12.2 Å². The number of hydrogen-bond acceptors (Lipinski definition) is 10. The van der Waals surface area contributed by atoms with Gasteiger partial charge in [-0.2, -0.15) is 15.2 Å². The van der Waals surface area contributed by atoms with E-state index in [0.29, 0.717) is 30.0 Å². The minimum Gasteiger partial charge on any atom is -0.466 e. The highest BCUT2D eigenvalue weighted by Crippen LogP contribution is 2.47. The van der Waals surface area contributed by atoms with Crippen LogP contribution >= 0.6 is 0 Å². The normalized spacial score (nSPS) is 17.6. The summed E-state index contributed by atoms with van der Waals surface area (Å²) >= 11 is 0. The van der Waals surface area contributed by atoms with Crippen molar-refractivity contribution in [3.05, 3.63) is 51.8 Å². The number of ether oxygens (including phenoxy) is 2. The Morgan fingerprint density at radius 3 is 2.67 bits per heavy atom. The second-order valence-electron chi connectivity index (χ2n) is 9.54. The molecule has 0 spiro atoms. The predicted octanol–water partition coefficient (Wildman–Crippen LogP) is 4.59. The number of aromatic nitrogens is 5. The van der Waals surface area contributed by atoms with Crippen LogP contribution < -0.4 is 14.8 Å². The molecule has 0 amide bonds. The second-order valence-corrected chi connectivity index (χ2v) is 9.54. The summed E-state index contributed by atoms with van der Waals surface area (Å²) in [5.74, 6) is 1.24. The number of rotatable bonds is 7. The van der Waals surface area contributed by atoms with E-state index < -0.39 is 11.1 Å². The number of non-ortho nitro benzene ring substituents is 1. The molecule has 36 heavy (non-hydrogen) atoms. The van der Waals surface area contributed by atoms with E-state index in [0.717, 1.165) is 12.1 Å². The Bertz CT molecular complexity index is 1290. The Morgan fingerprint density at radius 1 is 1.25 bits per heavy atom. The van der Waals surface area contributed by atoms with E-state index in [2.05, 4.69) is 20.5 Å². The number of nitrogens with zero attached hydrogens (tertiary/aromatic N) is 6. The summed E-state index contributed by atoms with van der Waals surface area (Å²) in [5, 5.41) is 36.2. The first kappa shape index (κ1) is 24.8. The molecule has 1 aromatic carbocycles. The standard InChI is InChI=1S/C23H27N7O6/c1-23(2,3)29-20(25-19-12-24-27-21(26-19)35-4)11-17(28-29)14-6-5-13(9-14)16-10-15(30(33)34)7-8-18(16)36-22(31)32/h7-8,10-14H,5-6,9H2,1-4H3,(H,31,32)(H,25,26,27)/t13-,14+/m1/s1. The fourth-order valence-electron chi connectivity index (χ4n) is 4.45. The van der Waals surface area contributed by atoms with Crippen LogP contribution in [0.25, 0.3) is 0 Å². The van der Waals surface area contributed by atoms with Crippen molar-refractivity contribution < 1.29 is 24.3 Å². The van der Waals surface area contributed by atoms with Gasteiger partial charge in [0.25, 0.3) is 5.69 Å². The average Bonchev–Trinajstić information content (AvgIpc) is 3.46. The minimum atomic E-state index is -1.46. The van der Waals surface area contributed by atoms with Crippen molar-refractivity contribution in [3.8, 4) is 11.8 Å². The van der Waals surface area contributed by atoms with Crippen molar-refractivity contribution in [3.63, 3.8) is 0 Å². The Labute approximate surface area is 206 Å². The summed E-state index contributed by atoms with van der Waals surface area (Å²) in [6.07, 6.45) is 2.15. The molecule has 2 N–H and O–H groups in total. The molecule has 1 aliphatic rings. The number of benzene rings is 1. The maximum absolute atomic E-state index is 11.3. The topological polar surface area (TPSA) is 167 Å². The van der Waals surface area contributed by atoms with Crippen molar-refractivity contribution in [1.29, 1.82) is 0 Å². The van der Waals surface area contributed by atoms with Crippen molar-refractivity contribution in [2.45, 2.75) is 57.4 Å². The van der Waals surface area contributed by atoms with Crippen molar-refractivity contribution >= 4 is 23.5 Å². The molecule has 2 heterocycles. The molecule has 2 atom stereocenters. The van der Waals surface area contributed by atoms with Gasteiger partial charge < -0.3 is 19.9 Å². The van der Waals surface area contributed by atoms with E-state index in [1.165, 1.54) is 31.5 Å². The van der Waals surface area contributed by atoms with Gasteiger partial charge in [-0.3, -0.25) is 10.1 Å². The number of anilines is 2. The van der Waals surface area contributed by atoms with Crippen LogP contribution in [0, 0.1) is 10.1 Å². The number of methoxy groups -OCH3 is 1. The van der Waals surface area contributed by atoms with Crippen molar-refractivity contribution in [2.75, 3.05) is 12.4 Å². The predicted molar refractivity (Wildman–Crippen MR) is 128 cm³/mol. The van der Waals surface area contributed by atoms with Crippen LogP contribution in [0.2, 0.25) is 0 Å². The smallest absolute Gasteiger partial charge is 0.466 e. The molecule has 13 nitrogen and oxygen atoms in total. The fourth-order valence-corrected chi connectivity index (χ4v) is 4.45. The molecule has 1 aliphatic carbocycles. The highest BCUT2D eigenvalue weighted by Gasteiger charge is 2.33. The maximum atomic E-state index is 11.3. The van der Waals surface area contributed by atoms with E-state index in [9.17, 15) is 14.9 Å². The number of nitrogens with one attached hydrogen (secondary N) is 1. The summed E-state index contributed by atoms with van der Waals surface area (Å²) in [5.41, 5.74) is 0.923. The van der Waals surface area contributed by atoms with Crippen molar-refractivity contribution in [1.82, 2.24) is 25.0 Å². The molecule has 0 unspecified atom stereocenters. The van der Waals surface area contributed by atoms with Crippen LogP contribution in [0.4, 0.5) is 22.1 Å². The first-order chi connectivity index (χ1) is 17.0. The van der Waals surface area contributed by atoms with E-state index in [1.54, 1.807) is 0 Å². The van der Waals surface area contributed by atoms with Crippen LogP contribution in [0.1, 0.15) is 63.1 Å². The Kier molecular flexibility index (Phi) is 6.73. The molecule has 0 radical (unpaired) electrons. The highest BCUT2D eigenvalue weighted by molar-refractivity contribution is 5.63. The van der Waals surface area contributed by atoms with Gasteiger partial charge in [-0.15, -0.1) is 0 Å². The lowest BCUT2D eigenvalue weighted by atomic mass is 9.94. The molecule has 3 aromatic rings. The van der Waals surface area contributed by atoms with Gasteiger partial charge in [0, 0.05) is 29.7 Å². The largest absolute Gasteiger partial charge is 0.511 e. The second kappa shape index (κ2) is 9.76. The third-order valence-corrected chi connectivity index (χ3v) is 6.03. The first-order valence-electron chi connectivity index (χ1n) is 11.4. The van der Waals surface area contributed by atoms with Crippen LogP contribution in [-0.2, 0) is 5.54 Å². The van der Waals surface area contributed by atoms with Gasteiger partial charge in [-0.1, -0.05) is 5.10 Å². The van der Waals surface area contributed by atoms with Gasteiger partial charge in [0.05, 0.1) is 29.5 Å². The molecule has 2 aromatic heterocycles. The number of nitro groups is 1. The van der Waals surface area contributed by atoms with Gasteiger partial charge in [0.15, 0.2) is 5.82 Å². The number of carbonyl (C=O) groups is 1. The maximum Gasteiger partial charge on any atom is 0.511 e. The van der Waals surface area contributed by atoms with Crippen LogP contribution in [0.3, 0.4) is 0 Å². The zero-order valence-corrected chi connectivity index (χ0v) is 20.3. The lowest BCUT2D eigenvalue weighted by Crippen LogP contribution is -2.25. The highest BCUT2D eigenvalue weighted by atomic mass is 16.7. The summed E-state index contributed by atoms with van der Waals surface area (Å²) in [6, 6.07) is 6.08. The summed E-state index contributed by atoms with van der Waals surface area (Å²) in [7, 11) is 1.46. The van der Waals surface area contributed by atoms with Crippen LogP contribution in [0.5, 0.6) is 11.8 Å². The third kappa shape index (κ3) is 5.34. The number of hydrogen-bond donors (Lipinski definition) is 2. The van der Waals surface area contributed by atoms with Crippen LogP contribution in [-0.4, -0.2) is 48.3 Å². The summed E-state index contributed by atoms with van der Waals surface area (Å²) in [4.78, 5) is 26.2. The quantitative estimate of drug-likeness (QED) is 0.203. The lowest BCUT2D eigenvalue weighted by Gasteiger charge is -2.22. The van der Waals surface area contributed by atoms with E-state index in [-0.39, 0.29) is 34.8 Å². The molecular weight excluding hydrogens is 470 g/mol. The van der Waals surface area contributed by atoms with Crippen LogP contribution in [0.15, 0.2) is 30.5 Å². The first-order valence-corrected chi connectivity index (χ1v) is 11.4. The zero-order valence-electron chi connectivity index (χ0n) is 20.3. The Balaban J connectivity index is 1.62. The van der Waals surface area contributed by atoms with Gasteiger partial charge in [-0.25, -0.2) is 9.48 Å². The number of carboxylic acid groups (broad SMARTS) is 1. The van der Waals surface area contributed by atoms with Crippen molar-refractivity contribution in [2.24, 2.45) is 0 Å². The molecule has 0 bridgehead atoms. The molecule has 1 fully saturated rings. The average molecular weight is 498 g/mol. The zero-order chi connectivity index (χ0) is 26.0. The molecule has 0 saturated heterocycles. The Hall–Kier alpha value is -4.29. The molecule has 190 valence electrons. The van der Waals surface area contributed by atoms with Gasteiger partial charge in [0.2, 0.25) is 0 Å². The SMILES string of the molecule is COc1nncc(Nc2cc([C@H]3CC[C@@H](c4cc([N+](=O)[O-])ccc4OC(=O)O)C3)nn2C(C)(C)C)n1. The van der Waals surface area contributed by atoms with Gasteiger partial charge in [0.1, 0.15) is 11.6 Å². The summed E-state index contributed by atoms with van der Waals surface area (Å²) < 4.78 is 11.8. The third-order valence-electron chi connectivity index (χ3n) is 6.03. The van der Waals surface area contributed by atoms with E-state index in [4.69, 9.17) is 19.7 Å². The fraction of sp³-hybridized carbons (Fsp3) is 0.435.